The monoisotopic (exact) mass is 296 g/mol. The largest absolute Gasteiger partial charge is 0.334 e. The maximum Gasteiger partial charge on any atom is 0.109 e. The van der Waals surface area contributed by atoms with E-state index in [2.05, 4.69) is 45.8 Å². The predicted octanol–water partition coefficient (Wildman–Crippen LogP) is 3.96. The van der Waals surface area contributed by atoms with Crippen LogP contribution in [0.4, 0.5) is 0 Å². The summed E-state index contributed by atoms with van der Waals surface area (Å²) in [7, 11) is 0. The molecular formula is C12H13BrN2S. The van der Waals surface area contributed by atoms with E-state index in [1.54, 1.807) is 11.3 Å². The maximum atomic E-state index is 4.74. The number of aromatic nitrogens is 2. The van der Waals surface area contributed by atoms with Gasteiger partial charge < -0.3 is 4.57 Å². The fourth-order valence-corrected chi connectivity index (χ4v) is 3.50. The molecule has 0 N–H and O–H groups in total. The molecule has 2 aromatic rings. The first-order chi connectivity index (χ1) is 7.72. The molecule has 2 nitrogen and oxygen atoms in total. The van der Waals surface area contributed by atoms with E-state index in [1.165, 1.54) is 20.9 Å². The fourth-order valence-electron chi connectivity index (χ4n) is 2.15. The van der Waals surface area contributed by atoms with Crippen LogP contribution in [0, 0.1) is 5.92 Å². The number of thiophene rings is 1. The van der Waals surface area contributed by atoms with Crippen LogP contribution in [0.5, 0.6) is 0 Å². The van der Waals surface area contributed by atoms with Gasteiger partial charge in [-0.1, -0.05) is 6.92 Å². The lowest BCUT2D eigenvalue weighted by atomic mass is 10.0. The van der Waals surface area contributed by atoms with Gasteiger partial charge in [0.25, 0.3) is 0 Å². The summed E-state index contributed by atoms with van der Waals surface area (Å²) < 4.78 is 3.48. The van der Waals surface area contributed by atoms with E-state index in [1.807, 2.05) is 0 Å². The van der Waals surface area contributed by atoms with Crippen molar-refractivity contribution in [3.8, 4) is 10.6 Å². The zero-order valence-electron chi connectivity index (χ0n) is 9.11. The van der Waals surface area contributed by atoms with Crippen molar-refractivity contribution in [2.75, 3.05) is 0 Å². The molecule has 0 bridgehead atoms. The van der Waals surface area contributed by atoms with Crippen LogP contribution in [0.3, 0.4) is 0 Å². The Hall–Kier alpha value is -0.610. The standard InChI is InChI=1S/C12H13BrN2S/c1-8-4-5-15-7-9(14-12(15)6-8)10-2-3-11(13)16-10/h2-3,7-8H,4-6H2,1H3/t8-/m0/s1. The highest BCUT2D eigenvalue weighted by atomic mass is 79.9. The summed E-state index contributed by atoms with van der Waals surface area (Å²) in [4.78, 5) is 5.99. The van der Waals surface area contributed by atoms with Crippen molar-refractivity contribution in [1.29, 1.82) is 0 Å². The van der Waals surface area contributed by atoms with Crippen LogP contribution in [0.2, 0.25) is 0 Å². The molecule has 0 aliphatic carbocycles. The van der Waals surface area contributed by atoms with Gasteiger partial charge in [-0.15, -0.1) is 11.3 Å². The summed E-state index contributed by atoms with van der Waals surface area (Å²) in [6, 6.07) is 4.22. The van der Waals surface area contributed by atoms with E-state index in [4.69, 9.17) is 4.98 Å². The third kappa shape index (κ3) is 1.84. The SMILES string of the molecule is C[C@H]1CCn2cc(-c3ccc(Br)s3)nc2C1. The number of hydrogen-bond donors (Lipinski definition) is 0. The van der Waals surface area contributed by atoms with E-state index in [0.717, 1.165) is 24.6 Å². The van der Waals surface area contributed by atoms with Crippen LogP contribution < -0.4 is 0 Å². The van der Waals surface area contributed by atoms with Crippen LogP contribution in [-0.2, 0) is 13.0 Å². The van der Waals surface area contributed by atoms with Gasteiger partial charge in [0.05, 0.1) is 14.4 Å². The predicted molar refractivity (Wildman–Crippen MR) is 70.7 cm³/mol. The van der Waals surface area contributed by atoms with Crippen molar-refractivity contribution in [2.24, 2.45) is 5.92 Å². The average Bonchev–Trinajstić information content (AvgIpc) is 2.83. The Morgan fingerprint density at radius 3 is 3.12 bits per heavy atom. The minimum Gasteiger partial charge on any atom is -0.334 e. The summed E-state index contributed by atoms with van der Waals surface area (Å²) in [5, 5.41) is 0. The Balaban J connectivity index is 1.98. The van der Waals surface area contributed by atoms with E-state index in [0.29, 0.717) is 0 Å². The average molecular weight is 297 g/mol. The molecule has 0 unspecified atom stereocenters. The van der Waals surface area contributed by atoms with Gasteiger partial charge in [0.1, 0.15) is 5.82 Å². The summed E-state index contributed by atoms with van der Waals surface area (Å²) in [5.41, 5.74) is 1.12. The highest BCUT2D eigenvalue weighted by Crippen LogP contribution is 2.32. The Morgan fingerprint density at radius 1 is 1.50 bits per heavy atom. The molecule has 2 aromatic heterocycles. The second-order valence-electron chi connectivity index (χ2n) is 4.44. The normalized spacial score (nSPS) is 19.8. The van der Waals surface area contributed by atoms with Crippen molar-refractivity contribution in [2.45, 2.75) is 26.3 Å². The van der Waals surface area contributed by atoms with E-state index < -0.39 is 0 Å². The summed E-state index contributed by atoms with van der Waals surface area (Å²) in [5.74, 6) is 2.02. The van der Waals surface area contributed by atoms with Gasteiger partial charge in [0.2, 0.25) is 0 Å². The summed E-state index contributed by atoms with van der Waals surface area (Å²) in [6.45, 7) is 3.43. The lowest BCUT2D eigenvalue weighted by Gasteiger charge is -2.18. The number of rotatable bonds is 1. The molecular weight excluding hydrogens is 284 g/mol. The molecule has 16 heavy (non-hydrogen) atoms. The molecule has 1 atom stereocenters. The fraction of sp³-hybridized carbons (Fsp3) is 0.417. The molecule has 0 radical (unpaired) electrons. The summed E-state index contributed by atoms with van der Waals surface area (Å²) in [6.07, 6.45) is 4.59. The highest BCUT2D eigenvalue weighted by molar-refractivity contribution is 9.11. The van der Waals surface area contributed by atoms with Gasteiger partial charge in [-0.3, -0.25) is 0 Å². The number of hydrogen-bond acceptors (Lipinski definition) is 2. The van der Waals surface area contributed by atoms with E-state index in [-0.39, 0.29) is 0 Å². The van der Waals surface area contributed by atoms with Gasteiger partial charge in [-0.2, -0.15) is 0 Å². The number of aryl methyl sites for hydroxylation is 1. The van der Waals surface area contributed by atoms with Gasteiger partial charge in [-0.25, -0.2) is 4.98 Å². The number of halogens is 1. The molecule has 84 valence electrons. The number of imidazole rings is 1. The molecule has 3 heterocycles. The lowest BCUT2D eigenvalue weighted by molar-refractivity contribution is 0.409. The van der Waals surface area contributed by atoms with Gasteiger partial charge in [-0.05, 0) is 40.4 Å². The molecule has 1 aliphatic heterocycles. The zero-order valence-corrected chi connectivity index (χ0v) is 11.5. The van der Waals surface area contributed by atoms with Gasteiger partial charge >= 0.3 is 0 Å². The molecule has 4 heteroatoms. The second-order valence-corrected chi connectivity index (χ2v) is 6.90. The molecule has 0 amide bonds. The molecule has 0 aromatic carbocycles. The van der Waals surface area contributed by atoms with Crippen LogP contribution in [0.25, 0.3) is 10.6 Å². The lowest BCUT2D eigenvalue weighted by Crippen LogP contribution is -2.16. The van der Waals surface area contributed by atoms with Gasteiger partial charge in [0.15, 0.2) is 0 Å². The molecule has 3 rings (SSSR count). The smallest absolute Gasteiger partial charge is 0.109 e. The Morgan fingerprint density at radius 2 is 2.38 bits per heavy atom. The maximum absolute atomic E-state index is 4.74. The van der Waals surface area contributed by atoms with Crippen molar-refractivity contribution < 1.29 is 0 Å². The number of nitrogens with zero attached hydrogens (tertiary/aromatic N) is 2. The Bertz CT molecular complexity index is 515. The highest BCUT2D eigenvalue weighted by Gasteiger charge is 2.18. The minimum absolute atomic E-state index is 0.776. The first kappa shape index (κ1) is 10.5. The van der Waals surface area contributed by atoms with Crippen molar-refractivity contribution in [1.82, 2.24) is 9.55 Å². The second kappa shape index (κ2) is 4.00. The number of fused-ring (bicyclic) bond motifs is 1. The molecule has 0 spiro atoms. The quantitative estimate of drug-likeness (QED) is 0.779. The van der Waals surface area contributed by atoms with Crippen LogP contribution >= 0.6 is 27.3 Å². The Kier molecular flexibility index (Phi) is 2.64. The van der Waals surface area contributed by atoms with Crippen molar-refractivity contribution in [3.05, 3.63) is 27.9 Å². The first-order valence-corrected chi connectivity index (χ1v) is 7.15. The van der Waals surface area contributed by atoms with Crippen LogP contribution in [0.15, 0.2) is 22.1 Å². The van der Waals surface area contributed by atoms with Crippen LogP contribution in [0.1, 0.15) is 19.2 Å². The molecule has 0 fully saturated rings. The van der Waals surface area contributed by atoms with Gasteiger partial charge in [0, 0.05) is 19.2 Å². The topological polar surface area (TPSA) is 17.8 Å². The molecule has 0 saturated carbocycles. The van der Waals surface area contributed by atoms with E-state index in [9.17, 15) is 0 Å². The van der Waals surface area contributed by atoms with Crippen molar-refractivity contribution in [3.63, 3.8) is 0 Å². The summed E-state index contributed by atoms with van der Waals surface area (Å²) >= 11 is 5.24. The molecule has 1 aliphatic rings. The molecule has 0 saturated heterocycles. The third-order valence-electron chi connectivity index (χ3n) is 3.08. The van der Waals surface area contributed by atoms with Crippen molar-refractivity contribution >= 4 is 27.3 Å². The Labute approximate surface area is 107 Å². The zero-order chi connectivity index (χ0) is 11.1. The van der Waals surface area contributed by atoms with Crippen LogP contribution in [-0.4, -0.2) is 9.55 Å². The first-order valence-electron chi connectivity index (χ1n) is 5.54. The minimum atomic E-state index is 0.776. The van der Waals surface area contributed by atoms with E-state index >= 15 is 0 Å². The third-order valence-corrected chi connectivity index (χ3v) is 4.72.